The molecule has 0 radical (unpaired) electrons. The van der Waals surface area contributed by atoms with Crippen LogP contribution in [0.5, 0.6) is 0 Å². The highest BCUT2D eigenvalue weighted by Crippen LogP contribution is 2.28. The van der Waals surface area contributed by atoms with Crippen molar-refractivity contribution in [1.82, 2.24) is 4.98 Å². The molecular weight excluding hydrogens is 256 g/mol. The maximum absolute atomic E-state index is 10.6. The Bertz CT molecular complexity index is 484. The fourth-order valence-electron chi connectivity index (χ4n) is 1.86. The predicted octanol–water partition coefficient (Wildman–Crippen LogP) is 2.04. The van der Waals surface area contributed by atoms with Crippen LogP contribution in [0.1, 0.15) is 18.4 Å². The molecule has 0 aromatic carbocycles. The van der Waals surface area contributed by atoms with Crippen molar-refractivity contribution >= 4 is 17.9 Å². The number of carboxylic acid groups (broad SMARTS) is 1. The Hall–Kier alpha value is -1.88. The fraction of sp³-hybridized carbons (Fsp3) is 0.467. The van der Waals surface area contributed by atoms with E-state index in [0.29, 0.717) is 6.61 Å². The largest absolute Gasteiger partial charge is 0.478 e. The van der Waals surface area contributed by atoms with Gasteiger partial charge in [-0.1, -0.05) is 0 Å². The van der Waals surface area contributed by atoms with Gasteiger partial charge in [-0.25, -0.2) is 9.78 Å². The summed E-state index contributed by atoms with van der Waals surface area (Å²) in [7, 11) is 1.93. The van der Waals surface area contributed by atoms with Gasteiger partial charge in [0.15, 0.2) is 0 Å². The first-order chi connectivity index (χ1) is 9.66. The third-order valence-electron chi connectivity index (χ3n) is 3.21. The van der Waals surface area contributed by atoms with Gasteiger partial charge in [0.2, 0.25) is 0 Å². The summed E-state index contributed by atoms with van der Waals surface area (Å²) >= 11 is 0. The quantitative estimate of drug-likeness (QED) is 0.581. The molecule has 0 saturated heterocycles. The highest BCUT2D eigenvalue weighted by Gasteiger charge is 2.21. The number of nitrogens with zero attached hydrogens (tertiary/aromatic N) is 2. The molecule has 1 heterocycles. The van der Waals surface area contributed by atoms with Crippen LogP contribution in [0.2, 0.25) is 0 Å². The minimum absolute atomic E-state index is 0.658. The van der Waals surface area contributed by atoms with Crippen LogP contribution < -0.4 is 4.90 Å². The number of rotatable bonds is 8. The van der Waals surface area contributed by atoms with Crippen LogP contribution in [0.25, 0.3) is 6.08 Å². The van der Waals surface area contributed by atoms with Gasteiger partial charge >= 0.3 is 5.97 Å². The van der Waals surface area contributed by atoms with E-state index in [2.05, 4.69) is 4.98 Å². The first kappa shape index (κ1) is 14.5. The van der Waals surface area contributed by atoms with Crippen LogP contribution in [-0.4, -0.2) is 42.9 Å². The Morgan fingerprint density at radius 3 is 3.10 bits per heavy atom. The number of hydrogen-bond acceptors (Lipinski definition) is 4. The molecule has 2 rings (SSSR count). The van der Waals surface area contributed by atoms with Crippen molar-refractivity contribution in [3.05, 3.63) is 30.0 Å². The summed E-state index contributed by atoms with van der Waals surface area (Å²) < 4.78 is 5.61. The van der Waals surface area contributed by atoms with Gasteiger partial charge in [-0.05, 0) is 37.0 Å². The van der Waals surface area contributed by atoms with Crippen molar-refractivity contribution in [3.8, 4) is 0 Å². The van der Waals surface area contributed by atoms with E-state index < -0.39 is 5.97 Å². The molecule has 5 nitrogen and oxygen atoms in total. The molecule has 0 atom stereocenters. The van der Waals surface area contributed by atoms with E-state index in [1.165, 1.54) is 12.8 Å². The Labute approximate surface area is 118 Å². The van der Waals surface area contributed by atoms with Gasteiger partial charge < -0.3 is 14.7 Å². The molecule has 1 aliphatic rings. The molecule has 1 N–H and O–H groups in total. The number of hydrogen-bond donors (Lipinski definition) is 1. The average Bonchev–Trinajstić information content (AvgIpc) is 3.25. The number of carbonyl (C=O) groups is 1. The monoisotopic (exact) mass is 276 g/mol. The van der Waals surface area contributed by atoms with E-state index in [4.69, 9.17) is 9.84 Å². The van der Waals surface area contributed by atoms with Crippen molar-refractivity contribution < 1.29 is 14.6 Å². The Morgan fingerprint density at radius 2 is 2.40 bits per heavy atom. The molecule has 0 aliphatic heterocycles. The number of pyridine rings is 1. The van der Waals surface area contributed by atoms with E-state index in [0.717, 1.165) is 36.5 Å². The van der Waals surface area contributed by atoms with Crippen molar-refractivity contribution in [2.24, 2.45) is 5.92 Å². The predicted molar refractivity (Wildman–Crippen MR) is 77.7 cm³/mol. The van der Waals surface area contributed by atoms with Crippen LogP contribution in [-0.2, 0) is 9.53 Å². The molecule has 1 aromatic rings. The summed E-state index contributed by atoms with van der Waals surface area (Å²) in [6.07, 6.45) is 6.97. The third-order valence-corrected chi connectivity index (χ3v) is 3.21. The standard InChI is InChI=1S/C15H20N2O3/c1-17(9-10-20-11-12-4-5-12)15-13(3-2-8-16-15)6-7-14(18)19/h2-3,6-8,12H,4-5,9-11H2,1H3,(H,18,19)/b7-6+. The van der Waals surface area contributed by atoms with E-state index in [9.17, 15) is 4.79 Å². The highest BCUT2D eigenvalue weighted by atomic mass is 16.5. The van der Waals surface area contributed by atoms with Crippen LogP contribution in [0.3, 0.4) is 0 Å². The number of carboxylic acids is 1. The first-order valence-corrected chi connectivity index (χ1v) is 6.81. The van der Waals surface area contributed by atoms with Gasteiger partial charge in [0.1, 0.15) is 5.82 Å². The summed E-state index contributed by atoms with van der Waals surface area (Å²) in [4.78, 5) is 16.9. The highest BCUT2D eigenvalue weighted by molar-refractivity contribution is 5.86. The van der Waals surface area contributed by atoms with Gasteiger partial charge in [-0.15, -0.1) is 0 Å². The minimum Gasteiger partial charge on any atom is -0.478 e. The topological polar surface area (TPSA) is 62.7 Å². The molecule has 0 unspecified atom stereocenters. The van der Waals surface area contributed by atoms with Gasteiger partial charge in [0.25, 0.3) is 0 Å². The van der Waals surface area contributed by atoms with E-state index in [1.54, 1.807) is 18.3 Å². The summed E-state index contributed by atoms with van der Waals surface area (Å²) in [6.45, 7) is 2.24. The van der Waals surface area contributed by atoms with Crippen LogP contribution in [0, 0.1) is 5.92 Å². The van der Waals surface area contributed by atoms with Gasteiger partial charge in [0.05, 0.1) is 6.61 Å². The minimum atomic E-state index is -0.963. The number of likely N-dealkylation sites (N-methyl/N-ethyl adjacent to an activating group) is 1. The lowest BCUT2D eigenvalue weighted by molar-refractivity contribution is -0.131. The number of ether oxygens (including phenoxy) is 1. The molecule has 20 heavy (non-hydrogen) atoms. The van der Waals surface area contributed by atoms with Gasteiger partial charge in [0, 0.05) is 38.0 Å². The molecule has 5 heteroatoms. The van der Waals surface area contributed by atoms with Gasteiger partial charge in [-0.2, -0.15) is 0 Å². The zero-order valence-electron chi connectivity index (χ0n) is 11.7. The molecule has 0 amide bonds. The lowest BCUT2D eigenvalue weighted by atomic mass is 10.2. The SMILES string of the molecule is CN(CCOCC1CC1)c1ncccc1/C=C/C(=O)O. The molecular formula is C15H20N2O3. The normalized spacial score (nSPS) is 14.7. The number of aromatic nitrogens is 1. The lowest BCUT2D eigenvalue weighted by Crippen LogP contribution is -2.24. The van der Waals surface area contributed by atoms with Crippen molar-refractivity contribution in [3.63, 3.8) is 0 Å². The molecule has 1 saturated carbocycles. The van der Waals surface area contributed by atoms with Crippen LogP contribution >= 0.6 is 0 Å². The summed E-state index contributed by atoms with van der Waals surface area (Å²) in [5.74, 6) is 0.569. The van der Waals surface area contributed by atoms with Crippen LogP contribution in [0.4, 0.5) is 5.82 Å². The zero-order chi connectivity index (χ0) is 14.4. The fourth-order valence-corrected chi connectivity index (χ4v) is 1.86. The molecule has 1 aliphatic carbocycles. The summed E-state index contributed by atoms with van der Waals surface area (Å²) in [5, 5.41) is 8.69. The second kappa shape index (κ2) is 7.05. The third kappa shape index (κ3) is 4.66. The molecule has 108 valence electrons. The summed E-state index contributed by atoms with van der Waals surface area (Å²) in [5.41, 5.74) is 0.791. The van der Waals surface area contributed by atoms with E-state index >= 15 is 0 Å². The molecule has 1 fully saturated rings. The second-order valence-electron chi connectivity index (χ2n) is 5.03. The van der Waals surface area contributed by atoms with E-state index in [-0.39, 0.29) is 0 Å². The molecule has 0 spiro atoms. The van der Waals surface area contributed by atoms with Crippen molar-refractivity contribution in [2.75, 3.05) is 31.7 Å². The van der Waals surface area contributed by atoms with Gasteiger partial charge in [-0.3, -0.25) is 0 Å². The van der Waals surface area contributed by atoms with Crippen molar-refractivity contribution in [1.29, 1.82) is 0 Å². The lowest BCUT2D eigenvalue weighted by Gasteiger charge is -2.20. The second-order valence-corrected chi connectivity index (χ2v) is 5.03. The Balaban J connectivity index is 1.89. The molecule has 0 bridgehead atoms. The average molecular weight is 276 g/mol. The first-order valence-electron chi connectivity index (χ1n) is 6.81. The number of anilines is 1. The Kier molecular flexibility index (Phi) is 5.12. The number of aliphatic carboxylic acids is 1. The zero-order valence-corrected chi connectivity index (χ0v) is 11.7. The van der Waals surface area contributed by atoms with Crippen molar-refractivity contribution in [2.45, 2.75) is 12.8 Å². The van der Waals surface area contributed by atoms with E-state index in [1.807, 2.05) is 18.0 Å². The molecule has 1 aromatic heterocycles. The summed E-state index contributed by atoms with van der Waals surface area (Å²) in [6, 6.07) is 3.64. The smallest absolute Gasteiger partial charge is 0.328 e. The maximum Gasteiger partial charge on any atom is 0.328 e. The Morgan fingerprint density at radius 1 is 1.60 bits per heavy atom. The maximum atomic E-state index is 10.6. The van der Waals surface area contributed by atoms with Crippen LogP contribution in [0.15, 0.2) is 24.4 Å².